The van der Waals surface area contributed by atoms with E-state index < -0.39 is 0 Å². The maximum Gasteiger partial charge on any atom is 0.0541 e. The number of fused-ring (bicyclic) bond motifs is 6. The third kappa shape index (κ3) is 4.01. The number of hydrogen-bond donors (Lipinski definition) is 0. The van der Waals surface area contributed by atoms with Crippen molar-refractivity contribution in [3.63, 3.8) is 0 Å². The first kappa shape index (κ1) is 25.6. The van der Waals surface area contributed by atoms with Crippen LogP contribution in [-0.4, -0.2) is 9.13 Å². The summed E-state index contributed by atoms with van der Waals surface area (Å²) in [7, 11) is 0. The normalized spacial score (nSPS) is 12.2. The summed E-state index contributed by atoms with van der Waals surface area (Å²) in [6.07, 6.45) is 1.10. The van der Waals surface area contributed by atoms with Crippen LogP contribution in [0.2, 0.25) is 0 Å². The lowest BCUT2D eigenvalue weighted by atomic mass is 9.82. The van der Waals surface area contributed by atoms with Crippen LogP contribution in [0.5, 0.6) is 0 Å². The summed E-state index contributed by atoms with van der Waals surface area (Å²) in [4.78, 5) is 0. The number of aromatic nitrogens is 2. The van der Waals surface area contributed by atoms with E-state index in [1.165, 1.54) is 71.7 Å². The van der Waals surface area contributed by atoms with Crippen molar-refractivity contribution in [3.05, 3.63) is 145 Å². The molecule has 0 aliphatic rings. The highest BCUT2D eigenvalue weighted by Crippen LogP contribution is 2.38. The van der Waals surface area contributed by atoms with E-state index in [0.29, 0.717) is 0 Å². The van der Waals surface area contributed by atoms with Gasteiger partial charge < -0.3 is 9.13 Å². The van der Waals surface area contributed by atoms with Crippen molar-refractivity contribution in [2.45, 2.75) is 32.6 Å². The van der Waals surface area contributed by atoms with Gasteiger partial charge in [0.05, 0.1) is 22.1 Å². The molecule has 0 atom stereocenters. The summed E-state index contributed by atoms with van der Waals surface area (Å²) < 4.78 is 4.81. The highest BCUT2D eigenvalue weighted by molar-refractivity contribution is 6.10. The predicted octanol–water partition coefficient (Wildman–Crippen LogP) is 11.2. The van der Waals surface area contributed by atoms with Gasteiger partial charge in [-0.2, -0.15) is 0 Å². The number of nitrogens with zero attached hydrogens (tertiary/aromatic N) is 2. The van der Waals surface area contributed by atoms with Gasteiger partial charge in [0.2, 0.25) is 0 Å². The first-order chi connectivity index (χ1) is 21.0. The summed E-state index contributed by atoms with van der Waals surface area (Å²) in [5.41, 5.74) is 11.2. The highest BCUT2D eigenvalue weighted by atomic mass is 15.0. The molecular weight excluding hydrogens is 520 g/mol. The van der Waals surface area contributed by atoms with Gasteiger partial charge in [-0.05, 0) is 83.1 Å². The molecule has 0 spiro atoms. The molecule has 2 heteroatoms. The maximum atomic E-state index is 2.42. The summed E-state index contributed by atoms with van der Waals surface area (Å²) in [6, 6.07) is 51.2. The molecule has 0 bridgehead atoms. The molecule has 2 nitrogen and oxygen atoms in total. The second-order valence-electron chi connectivity index (χ2n) is 12.3. The SMILES string of the molecule is CCC(C)(C)c1ccc2c(c1)c1ccccc1n2-c1cccc(-c2cccc(-n3c4ccccc4c4ccccc43)c2)c1. The van der Waals surface area contributed by atoms with Gasteiger partial charge in [-0.3, -0.25) is 0 Å². The monoisotopic (exact) mass is 554 g/mol. The zero-order chi connectivity index (χ0) is 29.1. The first-order valence-corrected chi connectivity index (χ1v) is 15.3. The third-order valence-corrected chi connectivity index (χ3v) is 9.46. The van der Waals surface area contributed by atoms with Crippen LogP contribution in [0.3, 0.4) is 0 Å². The van der Waals surface area contributed by atoms with Crippen molar-refractivity contribution in [2.24, 2.45) is 0 Å². The first-order valence-electron chi connectivity index (χ1n) is 15.3. The molecule has 8 aromatic rings. The minimum absolute atomic E-state index is 0.138. The fourth-order valence-electron chi connectivity index (χ4n) is 6.73. The average Bonchev–Trinajstić information content (AvgIpc) is 3.58. The second kappa shape index (κ2) is 9.74. The Morgan fingerprint density at radius 2 is 0.884 bits per heavy atom. The summed E-state index contributed by atoms with van der Waals surface area (Å²) >= 11 is 0. The van der Waals surface area contributed by atoms with Gasteiger partial charge in [-0.25, -0.2) is 0 Å². The second-order valence-corrected chi connectivity index (χ2v) is 12.3. The maximum absolute atomic E-state index is 2.42. The lowest BCUT2D eigenvalue weighted by molar-refractivity contribution is 0.507. The van der Waals surface area contributed by atoms with Gasteiger partial charge in [0, 0.05) is 32.9 Å². The quantitative estimate of drug-likeness (QED) is 0.200. The number of para-hydroxylation sites is 3. The van der Waals surface area contributed by atoms with Crippen molar-refractivity contribution in [2.75, 3.05) is 0 Å². The molecule has 0 saturated carbocycles. The number of hydrogen-bond acceptors (Lipinski definition) is 0. The highest BCUT2D eigenvalue weighted by Gasteiger charge is 2.21. The van der Waals surface area contributed by atoms with Crippen LogP contribution in [0.15, 0.2) is 140 Å². The largest absolute Gasteiger partial charge is 0.309 e. The molecule has 6 aromatic carbocycles. The summed E-state index contributed by atoms with van der Waals surface area (Å²) in [5, 5.41) is 5.17. The third-order valence-electron chi connectivity index (χ3n) is 9.46. The molecule has 0 amide bonds. The summed E-state index contributed by atoms with van der Waals surface area (Å²) in [6.45, 7) is 6.95. The molecular formula is C41H34N2. The van der Waals surface area contributed by atoms with Crippen LogP contribution in [-0.2, 0) is 5.41 Å². The number of benzene rings is 6. The van der Waals surface area contributed by atoms with Crippen molar-refractivity contribution < 1.29 is 0 Å². The molecule has 208 valence electrons. The fourth-order valence-corrected chi connectivity index (χ4v) is 6.73. The Morgan fingerprint density at radius 1 is 0.442 bits per heavy atom. The molecule has 0 radical (unpaired) electrons. The Bertz CT molecular complexity index is 2260. The van der Waals surface area contributed by atoms with Crippen LogP contribution in [0.25, 0.3) is 66.1 Å². The van der Waals surface area contributed by atoms with Crippen LogP contribution >= 0.6 is 0 Å². The Balaban J connectivity index is 1.29. The van der Waals surface area contributed by atoms with E-state index in [4.69, 9.17) is 0 Å². The predicted molar refractivity (Wildman–Crippen MR) is 184 cm³/mol. The van der Waals surface area contributed by atoms with Gasteiger partial charge in [-0.1, -0.05) is 106 Å². The summed E-state index contributed by atoms with van der Waals surface area (Å²) in [5.74, 6) is 0. The molecule has 0 aliphatic heterocycles. The van der Waals surface area contributed by atoms with Crippen molar-refractivity contribution in [1.29, 1.82) is 0 Å². The van der Waals surface area contributed by atoms with Gasteiger partial charge in [0.1, 0.15) is 0 Å². The topological polar surface area (TPSA) is 9.86 Å². The molecule has 0 aliphatic carbocycles. The molecule has 2 aromatic heterocycles. The van der Waals surface area contributed by atoms with E-state index in [-0.39, 0.29) is 5.41 Å². The van der Waals surface area contributed by atoms with Crippen LogP contribution in [0, 0.1) is 0 Å². The molecule has 2 heterocycles. The minimum Gasteiger partial charge on any atom is -0.309 e. The zero-order valence-electron chi connectivity index (χ0n) is 24.9. The lowest BCUT2D eigenvalue weighted by Crippen LogP contribution is -2.15. The van der Waals surface area contributed by atoms with E-state index in [1.807, 2.05) is 0 Å². The standard InChI is InChI=1S/C41H34N2/c1-4-41(2,3)30-23-24-40-36(27-30)35-19-7-10-22-39(35)43(40)32-16-12-14-29(26-32)28-13-11-15-31(25-28)42-37-20-8-5-17-33(37)34-18-6-9-21-38(34)42/h5-27H,4H2,1-3H3. The molecule has 0 saturated heterocycles. The average molecular weight is 555 g/mol. The Hall–Kier alpha value is -5.08. The smallest absolute Gasteiger partial charge is 0.0541 e. The Labute approximate surface area is 252 Å². The van der Waals surface area contributed by atoms with Gasteiger partial charge in [-0.15, -0.1) is 0 Å². The van der Waals surface area contributed by atoms with E-state index in [9.17, 15) is 0 Å². The Kier molecular flexibility index (Phi) is 5.80. The number of rotatable bonds is 5. The van der Waals surface area contributed by atoms with Crippen LogP contribution in [0.4, 0.5) is 0 Å². The van der Waals surface area contributed by atoms with Crippen molar-refractivity contribution in [3.8, 4) is 22.5 Å². The van der Waals surface area contributed by atoms with Crippen molar-refractivity contribution >= 4 is 43.6 Å². The minimum atomic E-state index is 0.138. The molecule has 43 heavy (non-hydrogen) atoms. The van der Waals surface area contributed by atoms with E-state index in [1.54, 1.807) is 0 Å². The molecule has 0 fully saturated rings. The van der Waals surface area contributed by atoms with Gasteiger partial charge in [0.15, 0.2) is 0 Å². The van der Waals surface area contributed by atoms with Gasteiger partial charge in [0.25, 0.3) is 0 Å². The van der Waals surface area contributed by atoms with Crippen molar-refractivity contribution in [1.82, 2.24) is 9.13 Å². The van der Waals surface area contributed by atoms with E-state index in [2.05, 4.69) is 169 Å². The van der Waals surface area contributed by atoms with Gasteiger partial charge >= 0.3 is 0 Å². The van der Waals surface area contributed by atoms with Crippen LogP contribution in [0.1, 0.15) is 32.8 Å². The fraction of sp³-hybridized carbons (Fsp3) is 0.122. The molecule has 8 rings (SSSR count). The molecule has 0 N–H and O–H groups in total. The Morgan fingerprint density at radius 3 is 1.37 bits per heavy atom. The molecule has 0 unspecified atom stereocenters. The lowest BCUT2D eigenvalue weighted by Gasteiger charge is -2.23. The van der Waals surface area contributed by atoms with E-state index >= 15 is 0 Å². The van der Waals surface area contributed by atoms with E-state index in [0.717, 1.165) is 6.42 Å². The van der Waals surface area contributed by atoms with Crippen LogP contribution < -0.4 is 0 Å². The zero-order valence-corrected chi connectivity index (χ0v) is 24.9.